The van der Waals surface area contributed by atoms with Gasteiger partial charge in [-0.2, -0.15) is 5.26 Å². The molecule has 122 valence electrons. The third kappa shape index (κ3) is 3.07. The summed E-state index contributed by atoms with van der Waals surface area (Å²) in [4.78, 5) is 10.3. The molecule has 2 aromatic heterocycles. The van der Waals surface area contributed by atoms with Gasteiger partial charge in [0, 0.05) is 29.1 Å². The van der Waals surface area contributed by atoms with E-state index in [1.807, 2.05) is 24.3 Å². The molecule has 0 amide bonds. The first-order chi connectivity index (χ1) is 11.8. The van der Waals surface area contributed by atoms with Crippen LogP contribution in [0.25, 0.3) is 22.1 Å². The second kappa shape index (κ2) is 6.75. The lowest BCUT2D eigenvalue weighted by molar-refractivity contribution is 0.217. The molecule has 1 saturated heterocycles. The van der Waals surface area contributed by atoms with Gasteiger partial charge in [0.05, 0.1) is 6.07 Å². The largest absolute Gasteiger partial charge is 0.338 e. The molecule has 1 aromatic carbocycles. The van der Waals surface area contributed by atoms with Crippen LogP contribution in [0.4, 0.5) is 0 Å². The number of nitrogens with one attached hydrogen (secondary N) is 1. The summed E-state index contributed by atoms with van der Waals surface area (Å²) in [6.07, 6.45) is 1.97. The summed E-state index contributed by atoms with van der Waals surface area (Å²) < 4.78 is 0. The minimum atomic E-state index is 0.242. The number of likely N-dealkylation sites (tertiary alicyclic amines) is 1. The second-order valence-corrected chi connectivity index (χ2v) is 7.12. The molecule has 0 bridgehead atoms. The van der Waals surface area contributed by atoms with Gasteiger partial charge < -0.3 is 9.88 Å². The number of aromatic amines is 1. The van der Waals surface area contributed by atoms with E-state index >= 15 is 0 Å². The number of rotatable bonds is 4. The fourth-order valence-corrected chi connectivity index (χ4v) is 3.91. The van der Waals surface area contributed by atoms with Gasteiger partial charge in [-0.05, 0) is 32.0 Å². The Balaban J connectivity index is 1.38. The number of piperidine rings is 1. The van der Waals surface area contributed by atoms with Gasteiger partial charge in [0.2, 0.25) is 5.16 Å². The van der Waals surface area contributed by atoms with Crippen LogP contribution in [0.2, 0.25) is 0 Å². The highest BCUT2D eigenvalue weighted by atomic mass is 32.2. The lowest BCUT2D eigenvalue weighted by Gasteiger charge is -2.28. The summed E-state index contributed by atoms with van der Waals surface area (Å²) in [5.74, 6) is 1.18. The highest BCUT2D eigenvalue weighted by Gasteiger charge is 2.18. The Morgan fingerprint density at radius 1 is 1.25 bits per heavy atom. The molecule has 0 spiro atoms. The number of hydrogen-bond acceptors (Lipinski definition) is 6. The number of H-pyrrole nitrogens is 1. The van der Waals surface area contributed by atoms with Crippen molar-refractivity contribution in [3.05, 3.63) is 24.3 Å². The predicted octanol–water partition coefficient (Wildman–Crippen LogP) is 2.83. The van der Waals surface area contributed by atoms with E-state index in [0.29, 0.717) is 5.16 Å². The summed E-state index contributed by atoms with van der Waals surface area (Å²) in [5, 5.41) is 19.3. The van der Waals surface area contributed by atoms with Crippen LogP contribution < -0.4 is 0 Å². The van der Waals surface area contributed by atoms with Crippen LogP contribution in [0.5, 0.6) is 0 Å². The van der Waals surface area contributed by atoms with Crippen LogP contribution in [-0.2, 0) is 0 Å². The molecule has 0 radical (unpaired) electrons. The summed E-state index contributed by atoms with van der Waals surface area (Å²) in [5.41, 5.74) is 2.66. The van der Waals surface area contributed by atoms with E-state index in [0.717, 1.165) is 60.3 Å². The summed E-state index contributed by atoms with van der Waals surface area (Å²) in [6.45, 7) is 3.02. The zero-order valence-electron chi connectivity index (χ0n) is 13.3. The second-order valence-electron chi connectivity index (χ2n) is 6.06. The maximum absolute atomic E-state index is 8.94. The number of nitriles is 1. The highest BCUT2D eigenvalue weighted by Crippen LogP contribution is 2.23. The molecule has 4 rings (SSSR count). The van der Waals surface area contributed by atoms with Gasteiger partial charge in [-0.25, -0.2) is 4.98 Å². The molecule has 3 aromatic rings. The summed E-state index contributed by atoms with van der Waals surface area (Å²) in [7, 11) is 0. The molecule has 1 fully saturated rings. The van der Waals surface area contributed by atoms with Gasteiger partial charge >= 0.3 is 0 Å². The van der Waals surface area contributed by atoms with Crippen LogP contribution in [-0.4, -0.2) is 50.5 Å². The molecule has 0 aliphatic carbocycles. The van der Waals surface area contributed by atoms with Crippen molar-refractivity contribution in [1.82, 2.24) is 25.1 Å². The zero-order valence-corrected chi connectivity index (χ0v) is 14.1. The van der Waals surface area contributed by atoms with E-state index < -0.39 is 0 Å². The molecule has 0 saturated carbocycles. The lowest BCUT2D eigenvalue weighted by Crippen LogP contribution is -2.34. The Labute approximate surface area is 144 Å². The van der Waals surface area contributed by atoms with Crippen LogP contribution >= 0.6 is 11.8 Å². The van der Waals surface area contributed by atoms with E-state index in [1.54, 1.807) is 11.8 Å². The molecule has 24 heavy (non-hydrogen) atoms. The smallest absolute Gasteiger partial charge is 0.211 e. The molecule has 1 aliphatic heterocycles. The van der Waals surface area contributed by atoms with Crippen molar-refractivity contribution >= 4 is 33.8 Å². The topological polar surface area (TPSA) is 81.5 Å². The number of thioether (sulfide) groups is 1. The third-order valence-corrected chi connectivity index (χ3v) is 5.33. The Morgan fingerprint density at radius 3 is 2.92 bits per heavy atom. The minimum Gasteiger partial charge on any atom is -0.338 e. The fraction of sp³-hybridized carbons (Fsp3) is 0.412. The average molecular weight is 338 g/mol. The summed E-state index contributed by atoms with van der Waals surface area (Å²) in [6, 6.07) is 10.4. The standard InChI is InChI=1S/C17H18N6S/c18-11-12-5-7-23(8-6-12)9-10-24-17-20-16-15(21-22-17)13-3-1-2-4-14(13)19-16/h1-4,12H,5-10H2,(H,19,20,22). The summed E-state index contributed by atoms with van der Waals surface area (Å²) >= 11 is 1.63. The predicted molar refractivity (Wildman–Crippen MR) is 94.7 cm³/mol. The number of benzene rings is 1. The van der Waals surface area contributed by atoms with Crippen molar-refractivity contribution in [1.29, 1.82) is 5.26 Å². The van der Waals surface area contributed by atoms with Crippen molar-refractivity contribution in [2.24, 2.45) is 5.92 Å². The lowest BCUT2D eigenvalue weighted by atomic mass is 9.99. The van der Waals surface area contributed by atoms with E-state index in [4.69, 9.17) is 5.26 Å². The first-order valence-corrected chi connectivity index (χ1v) is 9.18. The molecule has 1 aliphatic rings. The maximum atomic E-state index is 8.94. The van der Waals surface area contributed by atoms with Gasteiger partial charge in [-0.3, -0.25) is 0 Å². The molecule has 0 unspecified atom stereocenters. The fourth-order valence-electron chi connectivity index (χ4n) is 3.12. The molecular weight excluding hydrogens is 320 g/mol. The Kier molecular flexibility index (Phi) is 4.32. The van der Waals surface area contributed by atoms with Crippen LogP contribution in [0.1, 0.15) is 12.8 Å². The number of para-hydroxylation sites is 1. The van der Waals surface area contributed by atoms with Crippen molar-refractivity contribution < 1.29 is 0 Å². The Morgan fingerprint density at radius 2 is 2.08 bits per heavy atom. The quantitative estimate of drug-likeness (QED) is 0.737. The number of aromatic nitrogens is 4. The van der Waals surface area contributed by atoms with Crippen LogP contribution in [0.15, 0.2) is 29.4 Å². The molecule has 1 N–H and O–H groups in total. The van der Waals surface area contributed by atoms with Crippen LogP contribution in [0.3, 0.4) is 0 Å². The molecular formula is C17H18N6S. The number of nitrogens with zero attached hydrogens (tertiary/aromatic N) is 5. The van der Waals surface area contributed by atoms with Crippen LogP contribution in [0, 0.1) is 17.2 Å². The van der Waals surface area contributed by atoms with Crippen molar-refractivity contribution in [3.63, 3.8) is 0 Å². The van der Waals surface area contributed by atoms with E-state index in [1.165, 1.54) is 0 Å². The van der Waals surface area contributed by atoms with E-state index in [2.05, 4.69) is 31.1 Å². The first-order valence-electron chi connectivity index (χ1n) is 8.19. The monoisotopic (exact) mass is 338 g/mol. The number of fused-ring (bicyclic) bond motifs is 3. The van der Waals surface area contributed by atoms with Gasteiger partial charge in [-0.15, -0.1) is 10.2 Å². The van der Waals surface area contributed by atoms with E-state index in [9.17, 15) is 0 Å². The molecule has 3 heterocycles. The first kappa shape index (κ1) is 15.4. The normalized spacial score (nSPS) is 16.6. The van der Waals surface area contributed by atoms with Crippen molar-refractivity contribution in [2.45, 2.75) is 18.0 Å². The van der Waals surface area contributed by atoms with E-state index in [-0.39, 0.29) is 5.92 Å². The maximum Gasteiger partial charge on any atom is 0.211 e. The average Bonchev–Trinajstić information content (AvgIpc) is 3.00. The van der Waals surface area contributed by atoms with Gasteiger partial charge in [0.1, 0.15) is 5.52 Å². The van der Waals surface area contributed by atoms with Crippen molar-refractivity contribution in [2.75, 3.05) is 25.4 Å². The SMILES string of the molecule is N#CC1CCN(CCSc2nnc3c(n2)[nH]c2ccccc23)CC1. The Hall–Kier alpha value is -2.17. The zero-order chi connectivity index (χ0) is 16.4. The van der Waals surface area contributed by atoms with Crippen molar-refractivity contribution in [3.8, 4) is 6.07 Å². The van der Waals surface area contributed by atoms with Gasteiger partial charge in [0.25, 0.3) is 0 Å². The highest BCUT2D eigenvalue weighted by molar-refractivity contribution is 7.99. The molecule has 7 heteroatoms. The number of hydrogen-bond donors (Lipinski definition) is 1. The van der Waals surface area contributed by atoms with Gasteiger partial charge in [0.15, 0.2) is 5.65 Å². The molecule has 6 nitrogen and oxygen atoms in total. The van der Waals surface area contributed by atoms with Gasteiger partial charge in [-0.1, -0.05) is 30.0 Å². The minimum absolute atomic E-state index is 0.242. The Bertz CT molecular complexity index is 891. The molecule has 0 atom stereocenters. The third-order valence-electron chi connectivity index (χ3n) is 4.51.